The SMILES string of the molecule is CCCCCCCC(=O)Nc1nc(F)nc2c1ncn2C. The van der Waals surface area contributed by atoms with Crippen molar-refractivity contribution in [2.75, 3.05) is 5.32 Å². The third kappa shape index (κ3) is 3.96. The van der Waals surface area contributed by atoms with Crippen LogP contribution >= 0.6 is 0 Å². The van der Waals surface area contributed by atoms with Gasteiger partial charge in [-0.1, -0.05) is 32.6 Å². The van der Waals surface area contributed by atoms with Crippen LogP contribution in [0.3, 0.4) is 0 Å². The molecule has 2 aromatic rings. The van der Waals surface area contributed by atoms with Crippen molar-refractivity contribution in [3.63, 3.8) is 0 Å². The van der Waals surface area contributed by atoms with E-state index in [1.165, 1.54) is 19.2 Å². The van der Waals surface area contributed by atoms with Crippen LogP contribution in [0.5, 0.6) is 0 Å². The van der Waals surface area contributed by atoms with Gasteiger partial charge in [0, 0.05) is 13.5 Å². The second-order valence-corrected chi connectivity index (χ2v) is 5.08. The van der Waals surface area contributed by atoms with E-state index in [-0.39, 0.29) is 11.7 Å². The van der Waals surface area contributed by atoms with E-state index >= 15 is 0 Å². The van der Waals surface area contributed by atoms with Crippen LogP contribution in [0.4, 0.5) is 10.2 Å². The predicted octanol–water partition coefficient (Wildman–Crippen LogP) is 2.80. The largest absolute Gasteiger partial charge is 0.318 e. The van der Waals surface area contributed by atoms with Crippen LogP contribution in [0.15, 0.2) is 6.33 Å². The zero-order valence-corrected chi connectivity index (χ0v) is 12.4. The summed E-state index contributed by atoms with van der Waals surface area (Å²) in [4.78, 5) is 23.3. The monoisotopic (exact) mass is 293 g/mol. The van der Waals surface area contributed by atoms with Crippen LogP contribution in [0.2, 0.25) is 0 Å². The Hall–Kier alpha value is -2.05. The lowest BCUT2D eigenvalue weighted by Gasteiger charge is -2.05. The molecule has 0 saturated carbocycles. The van der Waals surface area contributed by atoms with E-state index in [9.17, 15) is 9.18 Å². The van der Waals surface area contributed by atoms with Gasteiger partial charge in [-0.2, -0.15) is 14.4 Å². The lowest BCUT2D eigenvalue weighted by Crippen LogP contribution is -2.14. The fourth-order valence-electron chi connectivity index (χ4n) is 2.15. The fraction of sp³-hybridized carbons (Fsp3) is 0.571. The molecule has 0 aliphatic rings. The van der Waals surface area contributed by atoms with Crippen molar-refractivity contribution in [1.82, 2.24) is 19.5 Å². The number of amides is 1. The number of anilines is 1. The summed E-state index contributed by atoms with van der Waals surface area (Å²) in [5, 5.41) is 2.62. The van der Waals surface area contributed by atoms with Crippen molar-refractivity contribution in [2.24, 2.45) is 7.05 Å². The lowest BCUT2D eigenvalue weighted by atomic mass is 10.1. The molecular weight excluding hydrogens is 273 g/mol. The lowest BCUT2D eigenvalue weighted by molar-refractivity contribution is -0.116. The van der Waals surface area contributed by atoms with E-state index in [0.29, 0.717) is 17.6 Å². The topological polar surface area (TPSA) is 72.7 Å². The number of carbonyl (C=O) groups excluding carboxylic acids is 1. The molecule has 0 aliphatic heterocycles. The molecule has 0 radical (unpaired) electrons. The highest BCUT2D eigenvalue weighted by Crippen LogP contribution is 2.18. The van der Waals surface area contributed by atoms with Crippen molar-refractivity contribution in [3.05, 3.63) is 12.4 Å². The summed E-state index contributed by atoms with van der Waals surface area (Å²) < 4.78 is 15.0. The number of rotatable bonds is 7. The number of carbonyl (C=O) groups is 1. The van der Waals surface area contributed by atoms with Crippen molar-refractivity contribution in [3.8, 4) is 0 Å². The third-order valence-electron chi connectivity index (χ3n) is 3.30. The number of unbranched alkanes of at least 4 members (excludes halogenated alkanes) is 4. The summed E-state index contributed by atoms with van der Waals surface area (Å²) >= 11 is 0. The van der Waals surface area contributed by atoms with Gasteiger partial charge in [-0.05, 0) is 6.42 Å². The van der Waals surface area contributed by atoms with E-state index < -0.39 is 6.08 Å². The first-order valence-corrected chi connectivity index (χ1v) is 7.26. The number of imidazole rings is 1. The summed E-state index contributed by atoms with van der Waals surface area (Å²) in [6, 6.07) is 0. The van der Waals surface area contributed by atoms with Crippen LogP contribution in [-0.4, -0.2) is 25.4 Å². The Labute approximate surface area is 122 Å². The second-order valence-electron chi connectivity index (χ2n) is 5.08. The van der Waals surface area contributed by atoms with E-state index in [1.54, 1.807) is 11.6 Å². The van der Waals surface area contributed by atoms with Gasteiger partial charge >= 0.3 is 6.08 Å². The maximum atomic E-state index is 13.4. The summed E-state index contributed by atoms with van der Waals surface area (Å²) in [6.45, 7) is 2.15. The molecule has 1 amide bonds. The number of hydrogen-bond acceptors (Lipinski definition) is 4. The first-order valence-electron chi connectivity index (χ1n) is 7.26. The van der Waals surface area contributed by atoms with Gasteiger partial charge in [0.15, 0.2) is 17.0 Å². The van der Waals surface area contributed by atoms with Gasteiger partial charge in [0.25, 0.3) is 0 Å². The maximum absolute atomic E-state index is 13.4. The predicted molar refractivity (Wildman–Crippen MR) is 78.3 cm³/mol. The quantitative estimate of drug-likeness (QED) is 0.629. The number of aryl methyl sites for hydroxylation is 1. The second kappa shape index (κ2) is 7.10. The highest BCUT2D eigenvalue weighted by Gasteiger charge is 2.14. The van der Waals surface area contributed by atoms with Crippen molar-refractivity contribution >= 4 is 22.9 Å². The maximum Gasteiger partial charge on any atom is 0.312 e. The van der Waals surface area contributed by atoms with Crippen LogP contribution in [0.1, 0.15) is 45.4 Å². The minimum atomic E-state index is -0.871. The average molecular weight is 293 g/mol. The molecule has 114 valence electrons. The molecule has 7 heteroatoms. The molecule has 0 unspecified atom stereocenters. The van der Waals surface area contributed by atoms with Crippen molar-refractivity contribution in [1.29, 1.82) is 0 Å². The number of aromatic nitrogens is 4. The standard InChI is InChI=1S/C14H20FN5O/c1-3-4-5-6-7-8-10(21)17-12-11-13(19-14(15)18-12)20(2)9-16-11/h9H,3-8H2,1-2H3,(H,17,18,19,21). The highest BCUT2D eigenvalue weighted by atomic mass is 19.1. The minimum absolute atomic E-state index is 0.136. The Balaban J connectivity index is 1.98. The Kier molecular flexibility index (Phi) is 5.19. The number of hydrogen-bond donors (Lipinski definition) is 1. The van der Waals surface area contributed by atoms with E-state index in [2.05, 4.69) is 27.2 Å². The first-order chi connectivity index (χ1) is 10.1. The summed E-state index contributed by atoms with van der Waals surface area (Å²) in [5.74, 6) is -0.0341. The molecule has 6 nitrogen and oxygen atoms in total. The molecule has 2 rings (SSSR count). The molecule has 0 bridgehead atoms. The van der Waals surface area contributed by atoms with Gasteiger partial charge in [0.05, 0.1) is 6.33 Å². The molecular formula is C14H20FN5O. The fourth-order valence-corrected chi connectivity index (χ4v) is 2.15. The molecule has 2 aromatic heterocycles. The van der Waals surface area contributed by atoms with Gasteiger partial charge in [0.2, 0.25) is 5.91 Å². The van der Waals surface area contributed by atoms with Crippen molar-refractivity contribution < 1.29 is 9.18 Å². The summed E-state index contributed by atoms with van der Waals surface area (Å²) in [6.07, 6.45) is 6.39. The van der Waals surface area contributed by atoms with Gasteiger partial charge in [-0.15, -0.1) is 0 Å². The molecule has 21 heavy (non-hydrogen) atoms. The molecule has 1 N–H and O–H groups in total. The Bertz CT molecular complexity index is 625. The minimum Gasteiger partial charge on any atom is -0.318 e. The Morgan fingerprint density at radius 3 is 2.81 bits per heavy atom. The zero-order chi connectivity index (χ0) is 15.2. The number of fused-ring (bicyclic) bond motifs is 1. The average Bonchev–Trinajstić information content (AvgIpc) is 2.80. The smallest absolute Gasteiger partial charge is 0.312 e. The van der Waals surface area contributed by atoms with Gasteiger partial charge in [-0.3, -0.25) is 4.79 Å². The zero-order valence-electron chi connectivity index (χ0n) is 12.4. The summed E-state index contributed by atoms with van der Waals surface area (Å²) in [7, 11) is 1.71. The molecule has 0 aromatic carbocycles. The molecule has 0 aliphatic carbocycles. The highest BCUT2D eigenvalue weighted by molar-refractivity contribution is 5.96. The summed E-state index contributed by atoms with van der Waals surface area (Å²) in [5.41, 5.74) is 0.763. The molecule has 2 heterocycles. The Morgan fingerprint density at radius 2 is 2.05 bits per heavy atom. The van der Waals surface area contributed by atoms with Gasteiger partial charge in [-0.25, -0.2) is 4.98 Å². The number of nitrogens with one attached hydrogen (secondary N) is 1. The number of halogens is 1. The molecule has 0 atom stereocenters. The van der Waals surface area contributed by atoms with Gasteiger partial charge in [0.1, 0.15) is 0 Å². The van der Waals surface area contributed by atoms with E-state index in [4.69, 9.17) is 0 Å². The first kappa shape index (κ1) is 15.3. The molecule has 0 saturated heterocycles. The van der Waals surface area contributed by atoms with Crippen LogP contribution in [0, 0.1) is 6.08 Å². The normalized spacial score (nSPS) is 11.0. The van der Waals surface area contributed by atoms with E-state index in [1.807, 2.05) is 0 Å². The Morgan fingerprint density at radius 1 is 1.29 bits per heavy atom. The van der Waals surface area contributed by atoms with E-state index in [0.717, 1.165) is 19.3 Å². The third-order valence-corrected chi connectivity index (χ3v) is 3.30. The number of nitrogens with zero attached hydrogens (tertiary/aromatic N) is 4. The van der Waals surface area contributed by atoms with Gasteiger partial charge < -0.3 is 9.88 Å². The van der Waals surface area contributed by atoms with Crippen LogP contribution < -0.4 is 5.32 Å². The molecule has 0 spiro atoms. The van der Waals surface area contributed by atoms with Crippen LogP contribution in [0.25, 0.3) is 11.2 Å². The van der Waals surface area contributed by atoms with Crippen molar-refractivity contribution in [2.45, 2.75) is 45.4 Å². The molecule has 0 fully saturated rings. The van der Waals surface area contributed by atoms with Crippen LogP contribution in [-0.2, 0) is 11.8 Å².